The molecule has 0 aliphatic carbocycles. The van der Waals surface area contributed by atoms with E-state index in [1.54, 1.807) is 24.3 Å². The van der Waals surface area contributed by atoms with Crippen LogP contribution in [0.5, 0.6) is 5.75 Å². The van der Waals surface area contributed by atoms with Crippen LogP contribution in [0.15, 0.2) is 24.3 Å². The Kier molecular flexibility index (Phi) is 8.42. The lowest BCUT2D eigenvalue weighted by Gasteiger charge is -2.06. The summed E-state index contributed by atoms with van der Waals surface area (Å²) < 4.78 is 10.4. The van der Waals surface area contributed by atoms with Gasteiger partial charge < -0.3 is 19.7 Å². The fourth-order valence-corrected chi connectivity index (χ4v) is 1.67. The normalized spacial score (nSPS) is 10.3. The quantitative estimate of drug-likeness (QED) is 0.505. The third-order valence-corrected chi connectivity index (χ3v) is 2.74. The van der Waals surface area contributed by atoms with Crippen LogP contribution in [0.2, 0.25) is 0 Å². The Bertz CT molecular complexity index is 374. The Labute approximate surface area is 119 Å². The van der Waals surface area contributed by atoms with Gasteiger partial charge in [-0.1, -0.05) is 6.42 Å². The van der Waals surface area contributed by atoms with Crippen LogP contribution in [0.3, 0.4) is 0 Å². The van der Waals surface area contributed by atoms with Gasteiger partial charge in [0, 0.05) is 6.61 Å². The maximum atomic E-state index is 11.7. The topological polar surface area (TPSA) is 76.0 Å². The molecule has 5 nitrogen and oxygen atoms in total. The van der Waals surface area contributed by atoms with Gasteiger partial charge in [-0.2, -0.15) is 0 Å². The molecular weight excluding hydrogens is 260 g/mol. The molecule has 0 saturated carbocycles. The van der Waals surface area contributed by atoms with Crippen LogP contribution in [0.25, 0.3) is 0 Å². The van der Waals surface area contributed by atoms with Crippen molar-refractivity contribution >= 4 is 5.97 Å². The number of unbranched alkanes of at least 4 members (excludes halogenated alkanes) is 3. The predicted molar refractivity (Wildman–Crippen MR) is 74.9 cm³/mol. The van der Waals surface area contributed by atoms with Crippen molar-refractivity contribution < 1.29 is 24.5 Å². The molecule has 1 aromatic rings. The Morgan fingerprint density at radius 3 is 2.25 bits per heavy atom. The third kappa shape index (κ3) is 6.54. The van der Waals surface area contributed by atoms with Crippen molar-refractivity contribution in [2.24, 2.45) is 0 Å². The highest BCUT2D eigenvalue weighted by molar-refractivity contribution is 5.89. The van der Waals surface area contributed by atoms with E-state index >= 15 is 0 Å². The zero-order chi connectivity index (χ0) is 14.6. The van der Waals surface area contributed by atoms with Crippen molar-refractivity contribution in [3.8, 4) is 5.75 Å². The van der Waals surface area contributed by atoms with Gasteiger partial charge in [-0.25, -0.2) is 4.79 Å². The van der Waals surface area contributed by atoms with Crippen molar-refractivity contribution in [2.45, 2.75) is 25.7 Å². The van der Waals surface area contributed by atoms with Crippen molar-refractivity contribution in [2.75, 3.05) is 26.4 Å². The molecule has 5 heteroatoms. The van der Waals surface area contributed by atoms with Crippen LogP contribution in [0.4, 0.5) is 0 Å². The Hall–Kier alpha value is -1.59. The summed E-state index contributed by atoms with van der Waals surface area (Å²) >= 11 is 0. The molecule has 0 aliphatic rings. The SMILES string of the molecule is O=C(OCCCCCCO)c1ccc(OCCO)cc1. The molecule has 0 atom stereocenters. The lowest BCUT2D eigenvalue weighted by atomic mass is 10.2. The maximum Gasteiger partial charge on any atom is 0.338 e. The van der Waals surface area contributed by atoms with Crippen molar-refractivity contribution in [1.82, 2.24) is 0 Å². The number of rotatable bonds is 10. The van der Waals surface area contributed by atoms with Gasteiger partial charge in [0.25, 0.3) is 0 Å². The first-order valence-corrected chi connectivity index (χ1v) is 6.89. The molecule has 0 heterocycles. The first kappa shape index (κ1) is 16.5. The largest absolute Gasteiger partial charge is 0.491 e. The van der Waals surface area contributed by atoms with E-state index in [0.29, 0.717) is 17.9 Å². The molecule has 0 aliphatic heterocycles. The summed E-state index contributed by atoms with van der Waals surface area (Å²) in [5, 5.41) is 17.3. The zero-order valence-corrected chi connectivity index (χ0v) is 11.6. The number of carbonyl (C=O) groups excluding carboxylic acids is 1. The third-order valence-electron chi connectivity index (χ3n) is 2.74. The number of benzene rings is 1. The van der Waals surface area contributed by atoms with Gasteiger partial charge in [-0.3, -0.25) is 0 Å². The summed E-state index contributed by atoms with van der Waals surface area (Å²) in [5.74, 6) is 0.264. The summed E-state index contributed by atoms with van der Waals surface area (Å²) in [7, 11) is 0. The second-order valence-electron chi connectivity index (χ2n) is 4.37. The molecule has 2 N–H and O–H groups in total. The second kappa shape index (κ2) is 10.2. The van der Waals surface area contributed by atoms with Crippen LogP contribution in [-0.4, -0.2) is 42.6 Å². The summed E-state index contributed by atoms with van der Waals surface area (Å²) in [5.41, 5.74) is 0.483. The first-order chi connectivity index (χ1) is 9.77. The lowest BCUT2D eigenvalue weighted by Crippen LogP contribution is -2.07. The highest BCUT2D eigenvalue weighted by Gasteiger charge is 2.06. The molecule has 0 radical (unpaired) electrons. The molecule has 0 bridgehead atoms. The van der Waals surface area contributed by atoms with Gasteiger partial charge in [0.05, 0.1) is 18.8 Å². The summed E-state index contributed by atoms with van der Waals surface area (Å²) in [6.07, 6.45) is 3.50. The Morgan fingerprint density at radius 2 is 1.60 bits per heavy atom. The number of aliphatic hydroxyl groups is 2. The molecule has 0 fully saturated rings. The van der Waals surface area contributed by atoms with E-state index in [-0.39, 0.29) is 25.8 Å². The van der Waals surface area contributed by atoms with Crippen molar-refractivity contribution in [3.63, 3.8) is 0 Å². The average molecular weight is 282 g/mol. The maximum absolute atomic E-state index is 11.7. The first-order valence-electron chi connectivity index (χ1n) is 6.89. The number of ether oxygens (including phenoxy) is 2. The molecular formula is C15H22O5. The molecule has 112 valence electrons. The van der Waals surface area contributed by atoms with Crippen LogP contribution in [-0.2, 0) is 4.74 Å². The molecule has 0 unspecified atom stereocenters. The molecule has 0 amide bonds. The van der Waals surface area contributed by atoms with Gasteiger partial charge in [-0.05, 0) is 43.5 Å². The fraction of sp³-hybridized carbons (Fsp3) is 0.533. The monoisotopic (exact) mass is 282 g/mol. The molecule has 0 spiro atoms. The smallest absolute Gasteiger partial charge is 0.338 e. The van der Waals surface area contributed by atoms with Gasteiger partial charge >= 0.3 is 5.97 Å². The minimum Gasteiger partial charge on any atom is -0.491 e. The molecule has 1 aromatic carbocycles. The van der Waals surface area contributed by atoms with E-state index in [0.717, 1.165) is 25.7 Å². The number of aliphatic hydroxyl groups excluding tert-OH is 2. The van der Waals surface area contributed by atoms with Crippen molar-refractivity contribution in [1.29, 1.82) is 0 Å². The molecule has 0 saturated heterocycles. The standard InChI is InChI=1S/C15H22O5/c16-9-3-1-2-4-11-20-15(18)13-5-7-14(8-6-13)19-12-10-17/h5-8,16-17H,1-4,9-12H2. The van der Waals surface area contributed by atoms with E-state index in [9.17, 15) is 4.79 Å². The van der Waals surface area contributed by atoms with E-state index in [4.69, 9.17) is 19.7 Å². The van der Waals surface area contributed by atoms with Gasteiger partial charge in [-0.15, -0.1) is 0 Å². The highest BCUT2D eigenvalue weighted by Crippen LogP contribution is 2.13. The Balaban J connectivity index is 2.25. The molecule has 1 rings (SSSR count). The summed E-state index contributed by atoms with van der Waals surface area (Å²) in [6.45, 7) is 0.801. The van der Waals surface area contributed by atoms with Gasteiger partial charge in [0.2, 0.25) is 0 Å². The predicted octanol–water partition coefficient (Wildman–Crippen LogP) is 1.77. The lowest BCUT2D eigenvalue weighted by molar-refractivity contribution is 0.0497. The summed E-state index contributed by atoms with van der Waals surface area (Å²) in [4.78, 5) is 11.7. The van der Waals surface area contributed by atoms with Crippen LogP contribution < -0.4 is 4.74 Å². The minimum atomic E-state index is -0.346. The van der Waals surface area contributed by atoms with E-state index in [2.05, 4.69) is 0 Å². The number of carbonyl (C=O) groups is 1. The fourth-order valence-electron chi connectivity index (χ4n) is 1.67. The minimum absolute atomic E-state index is 0.0416. The second-order valence-corrected chi connectivity index (χ2v) is 4.37. The number of hydrogen-bond donors (Lipinski definition) is 2. The van der Waals surface area contributed by atoms with E-state index < -0.39 is 0 Å². The number of hydrogen-bond acceptors (Lipinski definition) is 5. The molecule has 20 heavy (non-hydrogen) atoms. The Morgan fingerprint density at radius 1 is 0.900 bits per heavy atom. The zero-order valence-electron chi connectivity index (χ0n) is 11.6. The van der Waals surface area contributed by atoms with Crippen LogP contribution in [0.1, 0.15) is 36.0 Å². The van der Waals surface area contributed by atoms with Gasteiger partial charge in [0.15, 0.2) is 0 Å². The summed E-state index contributed by atoms with van der Waals surface area (Å²) in [6, 6.07) is 6.63. The van der Waals surface area contributed by atoms with Crippen LogP contribution in [0, 0.1) is 0 Å². The highest BCUT2D eigenvalue weighted by atomic mass is 16.5. The molecule has 0 aromatic heterocycles. The van der Waals surface area contributed by atoms with E-state index in [1.807, 2.05) is 0 Å². The average Bonchev–Trinajstić information content (AvgIpc) is 2.49. The number of esters is 1. The van der Waals surface area contributed by atoms with Crippen molar-refractivity contribution in [3.05, 3.63) is 29.8 Å². The van der Waals surface area contributed by atoms with E-state index in [1.165, 1.54) is 0 Å². The van der Waals surface area contributed by atoms with Crippen LogP contribution >= 0.6 is 0 Å². The van der Waals surface area contributed by atoms with Gasteiger partial charge in [0.1, 0.15) is 12.4 Å².